The van der Waals surface area contributed by atoms with Gasteiger partial charge in [-0.15, -0.1) is 0 Å². The first-order valence-electron chi connectivity index (χ1n) is 5.05. The van der Waals surface area contributed by atoms with Crippen LogP contribution in [0.4, 0.5) is 0 Å². The van der Waals surface area contributed by atoms with Crippen molar-refractivity contribution in [2.24, 2.45) is 5.73 Å². The summed E-state index contributed by atoms with van der Waals surface area (Å²) in [6, 6.07) is 4.70. The molecule has 1 heterocycles. The quantitative estimate of drug-likeness (QED) is 0.832. The van der Waals surface area contributed by atoms with E-state index in [1.54, 1.807) is 18.2 Å². The van der Waals surface area contributed by atoms with Crippen molar-refractivity contribution < 1.29 is 13.5 Å². The molecular formula is C11H13NO3S. The molecule has 0 unspecified atom stereocenters. The summed E-state index contributed by atoms with van der Waals surface area (Å²) < 4.78 is 24.1. The molecule has 0 aliphatic carbocycles. The summed E-state index contributed by atoms with van der Waals surface area (Å²) in [5, 5.41) is 9.57. The maximum absolute atomic E-state index is 12.0. The van der Waals surface area contributed by atoms with E-state index >= 15 is 0 Å². The molecule has 3 N–H and O–H groups in total. The van der Waals surface area contributed by atoms with Crippen molar-refractivity contribution in [2.75, 3.05) is 6.54 Å². The highest BCUT2D eigenvalue weighted by atomic mass is 32.2. The summed E-state index contributed by atoms with van der Waals surface area (Å²) in [4.78, 5) is 0.372. The lowest BCUT2D eigenvalue weighted by molar-refractivity contribution is 0.459. The molecule has 0 aromatic heterocycles. The van der Waals surface area contributed by atoms with Crippen LogP contribution in [0.25, 0.3) is 6.08 Å². The van der Waals surface area contributed by atoms with Crippen LogP contribution in [0.1, 0.15) is 18.4 Å². The predicted molar refractivity (Wildman–Crippen MR) is 61.6 cm³/mol. The molecule has 4 nitrogen and oxygen atoms in total. The second kappa shape index (κ2) is 3.92. The summed E-state index contributed by atoms with van der Waals surface area (Å²) in [5.41, 5.74) is 5.92. The molecule has 0 atom stereocenters. The minimum atomic E-state index is -3.49. The minimum Gasteiger partial charge on any atom is -0.507 e. The number of aromatic hydroxyl groups is 1. The van der Waals surface area contributed by atoms with E-state index in [1.807, 2.05) is 0 Å². The highest BCUT2D eigenvalue weighted by Crippen LogP contribution is 2.39. The third-order valence-electron chi connectivity index (χ3n) is 2.58. The van der Waals surface area contributed by atoms with Gasteiger partial charge < -0.3 is 10.8 Å². The predicted octanol–water partition coefficient (Wildman–Crippen LogP) is 1.26. The summed E-state index contributed by atoms with van der Waals surface area (Å²) >= 11 is 0. The molecule has 2 rings (SSSR count). The van der Waals surface area contributed by atoms with Gasteiger partial charge in [-0.05, 0) is 37.1 Å². The third kappa shape index (κ3) is 1.62. The van der Waals surface area contributed by atoms with Gasteiger partial charge in [0.05, 0.1) is 4.91 Å². The number of hydrogen-bond donors (Lipinski definition) is 2. The van der Waals surface area contributed by atoms with E-state index in [4.69, 9.17) is 5.73 Å². The SMILES string of the molecule is NCCCC1=Cc2cccc(O)c2S1(=O)=O. The standard InChI is InChI=1S/C11H13NO3S/c12-6-2-4-9-7-8-3-1-5-10(13)11(8)16(9,14)15/h1,3,5,7,13H,2,4,6,12H2. The molecule has 0 saturated carbocycles. The Hall–Kier alpha value is -1.33. The van der Waals surface area contributed by atoms with Crippen molar-refractivity contribution in [1.82, 2.24) is 0 Å². The highest BCUT2D eigenvalue weighted by Gasteiger charge is 2.31. The Morgan fingerprint density at radius 1 is 1.31 bits per heavy atom. The maximum atomic E-state index is 12.0. The van der Waals surface area contributed by atoms with E-state index < -0.39 is 9.84 Å². The molecule has 1 aromatic carbocycles. The summed E-state index contributed by atoms with van der Waals surface area (Å²) in [7, 11) is -3.49. The fraction of sp³-hybridized carbons (Fsp3) is 0.273. The number of allylic oxidation sites excluding steroid dienone is 1. The number of benzene rings is 1. The fourth-order valence-electron chi connectivity index (χ4n) is 1.81. The molecule has 86 valence electrons. The Morgan fingerprint density at radius 3 is 2.69 bits per heavy atom. The Labute approximate surface area is 94.3 Å². The Balaban J connectivity index is 2.48. The first kappa shape index (κ1) is 11.2. The van der Waals surface area contributed by atoms with Gasteiger partial charge in [0.15, 0.2) is 0 Å². The number of phenolic OH excluding ortho intramolecular Hbond substituents is 1. The number of nitrogens with two attached hydrogens (primary N) is 1. The van der Waals surface area contributed by atoms with Gasteiger partial charge in [0.1, 0.15) is 10.6 Å². The Bertz CT molecular complexity index is 546. The van der Waals surface area contributed by atoms with Gasteiger partial charge >= 0.3 is 0 Å². The minimum absolute atomic E-state index is 0.0296. The van der Waals surface area contributed by atoms with Crippen molar-refractivity contribution in [1.29, 1.82) is 0 Å². The molecule has 1 aliphatic heterocycles. The van der Waals surface area contributed by atoms with Crippen LogP contribution in [-0.2, 0) is 9.84 Å². The molecule has 1 aromatic rings. The van der Waals surface area contributed by atoms with Crippen molar-refractivity contribution >= 4 is 15.9 Å². The topological polar surface area (TPSA) is 80.4 Å². The number of hydrogen-bond acceptors (Lipinski definition) is 4. The van der Waals surface area contributed by atoms with Crippen LogP contribution < -0.4 is 5.73 Å². The monoisotopic (exact) mass is 239 g/mol. The van der Waals surface area contributed by atoms with Crippen LogP contribution in [0, 0.1) is 0 Å². The van der Waals surface area contributed by atoms with Crippen LogP contribution in [-0.4, -0.2) is 20.1 Å². The number of sulfone groups is 1. The molecule has 0 radical (unpaired) electrons. The lowest BCUT2D eigenvalue weighted by atomic mass is 10.2. The van der Waals surface area contributed by atoms with Crippen molar-refractivity contribution in [3.63, 3.8) is 0 Å². The zero-order chi connectivity index (χ0) is 11.8. The van der Waals surface area contributed by atoms with E-state index in [-0.39, 0.29) is 10.6 Å². The van der Waals surface area contributed by atoms with Gasteiger partial charge in [0, 0.05) is 0 Å². The summed E-state index contributed by atoms with van der Waals surface area (Å²) in [6.45, 7) is 0.454. The smallest absolute Gasteiger partial charge is 0.207 e. The molecule has 0 spiro atoms. The number of phenols is 1. The first-order valence-corrected chi connectivity index (χ1v) is 6.53. The summed E-state index contributed by atoms with van der Waals surface area (Å²) in [6.07, 6.45) is 2.66. The maximum Gasteiger partial charge on any atom is 0.207 e. The van der Waals surface area contributed by atoms with Gasteiger partial charge in [-0.1, -0.05) is 12.1 Å². The highest BCUT2D eigenvalue weighted by molar-refractivity contribution is 7.96. The second-order valence-corrected chi connectivity index (χ2v) is 5.64. The van der Waals surface area contributed by atoms with Gasteiger partial charge in [0.2, 0.25) is 9.84 Å². The van der Waals surface area contributed by atoms with Gasteiger partial charge in [-0.2, -0.15) is 0 Å². The van der Waals surface area contributed by atoms with E-state index in [2.05, 4.69) is 0 Å². The molecule has 0 fully saturated rings. The van der Waals surface area contributed by atoms with Gasteiger partial charge in [-0.25, -0.2) is 8.42 Å². The second-order valence-electron chi connectivity index (χ2n) is 3.70. The summed E-state index contributed by atoms with van der Waals surface area (Å²) in [5.74, 6) is -0.184. The molecule has 5 heteroatoms. The third-order valence-corrected chi connectivity index (χ3v) is 4.58. The van der Waals surface area contributed by atoms with E-state index in [0.29, 0.717) is 29.9 Å². The van der Waals surface area contributed by atoms with Crippen LogP contribution in [0.15, 0.2) is 28.0 Å². The van der Waals surface area contributed by atoms with Crippen molar-refractivity contribution in [3.05, 3.63) is 28.7 Å². The zero-order valence-electron chi connectivity index (χ0n) is 8.68. The van der Waals surface area contributed by atoms with Crippen LogP contribution in [0.5, 0.6) is 5.75 Å². The van der Waals surface area contributed by atoms with Crippen LogP contribution >= 0.6 is 0 Å². The molecule has 1 aliphatic rings. The van der Waals surface area contributed by atoms with E-state index in [9.17, 15) is 13.5 Å². The van der Waals surface area contributed by atoms with Gasteiger partial charge in [0.25, 0.3) is 0 Å². The van der Waals surface area contributed by atoms with Gasteiger partial charge in [-0.3, -0.25) is 0 Å². The van der Waals surface area contributed by atoms with Crippen molar-refractivity contribution in [2.45, 2.75) is 17.7 Å². The number of fused-ring (bicyclic) bond motifs is 1. The fourth-order valence-corrected chi connectivity index (χ4v) is 3.55. The molecule has 0 amide bonds. The van der Waals surface area contributed by atoms with Crippen LogP contribution in [0.3, 0.4) is 0 Å². The average molecular weight is 239 g/mol. The van der Waals surface area contributed by atoms with E-state index in [0.717, 1.165) is 0 Å². The molecular weight excluding hydrogens is 226 g/mol. The molecule has 0 bridgehead atoms. The molecule has 16 heavy (non-hydrogen) atoms. The first-order chi connectivity index (χ1) is 7.57. The normalized spacial score (nSPS) is 16.9. The van der Waals surface area contributed by atoms with E-state index in [1.165, 1.54) is 6.07 Å². The van der Waals surface area contributed by atoms with Crippen molar-refractivity contribution in [3.8, 4) is 5.75 Å². The zero-order valence-corrected chi connectivity index (χ0v) is 9.50. The number of rotatable bonds is 3. The lowest BCUT2D eigenvalue weighted by Gasteiger charge is -2.04. The molecule has 0 saturated heterocycles. The lowest BCUT2D eigenvalue weighted by Crippen LogP contribution is -2.04. The Morgan fingerprint density at radius 2 is 2.06 bits per heavy atom. The average Bonchev–Trinajstić information content (AvgIpc) is 2.48. The Kier molecular flexibility index (Phi) is 2.73. The van der Waals surface area contributed by atoms with Crippen LogP contribution in [0.2, 0.25) is 0 Å². The largest absolute Gasteiger partial charge is 0.507 e.